The van der Waals surface area contributed by atoms with Crippen LogP contribution in [0.5, 0.6) is 0 Å². The molecule has 1 aliphatic rings. The molecule has 148 valence electrons. The van der Waals surface area contributed by atoms with Gasteiger partial charge in [0.2, 0.25) is 5.91 Å². The van der Waals surface area contributed by atoms with E-state index in [2.05, 4.69) is 11.9 Å². The van der Waals surface area contributed by atoms with Gasteiger partial charge < -0.3 is 20.1 Å². The molecule has 0 heterocycles. The number of likely N-dealkylation sites (N-methyl/N-ethyl adjacent to an activating group) is 1. The second-order valence-corrected chi connectivity index (χ2v) is 7.87. The van der Waals surface area contributed by atoms with Crippen LogP contribution in [-0.2, 0) is 14.3 Å². The highest BCUT2D eigenvalue weighted by Gasteiger charge is 2.35. The van der Waals surface area contributed by atoms with Crippen LogP contribution in [0.1, 0.15) is 59.3 Å². The van der Waals surface area contributed by atoms with Gasteiger partial charge in [0.1, 0.15) is 5.60 Å². The molecule has 1 unspecified atom stereocenters. The van der Waals surface area contributed by atoms with Gasteiger partial charge in [0.15, 0.2) is 0 Å². The Morgan fingerprint density at radius 2 is 1.92 bits per heavy atom. The number of carbonyl (C=O) groups excluding carboxylic acids is 2. The highest BCUT2D eigenvalue weighted by Crippen LogP contribution is 2.25. The number of amides is 2. The van der Waals surface area contributed by atoms with Crippen molar-refractivity contribution >= 4 is 18.0 Å². The van der Waals surface area contributed by atoms with E-state index in [-0.39, 0.29) is 24.4 Å². The molecule has 0 aromatic carbocycles. The van der Waals surface area contributed by atoms with E-state index in [0.29, 0.717) is 6.42 Å². The van der Waals surface area contributed by atoms with Crippen molar-refractivity contribution < 1.29 is 24.2 Å². The fourth-order valence-electron chi connectivity index (χ4n) is 3.34. The third-order valence-electron chi connectivity index (χ3n) is 4.50. The Hall–Kier alpha value is -2.05. The van der Waals surface area contributed by atoms with Crippen LogP contribution >= 0.6 is 0 Å². The predicted molar refractivity (Wildman–Crippen MR) is 98.7 cm³/mol. The lowest BCUT2D eigenvalue weighted by Crippen LogP contribution is -2.55. The number of carboxylic acids is 1. The Morgan fingerprint density at radius 1 is 1.31 bits per heavy atom. The fraction of sp³-hybridized carbons (Fsp3) is 0.737. The molecule has 0 aromatic rings. The molecule has 0 bridgehead atoms. The standard InChI is InChI=1S/C19H32N2O5/c1-6-9-13(12-16(22)23)17(24)21(5)15-11-8-7-10-14(15)20-18(25)26-19(2,3)4/h6,13-15H,1,7-12H2,2-5H3,(H,20,25)(H,22,23)/t13?,14-,15-/m0/s1. The van der Waals surface area contributed by atoms with Crippen LogP contribution in [0.15, 0.2) is 12.7 Å². The van der Waals surface area contributed by atoms with Crippen molar-refractivity contribution in [3.05, 3.63) is 12.7 Å². The summed E-state index contributed by atoms with van der Waals surface area (Å²) < 4.78 is 5.32. The lowest BCUT2D eigenvalue weighted by atomic mass is 9.88. The number of hydrogen-bond acceptors (Lipinski definition) is 4. The number of hydrogen-bond donors (Lipinski definition) is 2. The van der Waals surface area contributed by atoms with Gasteiger partial charge in [-0.25, -0.2) is 4.79 Å². The number of nitrogens with one attached hydrogen (secondary N) is 1. The zero-order valence-electron chi connectivity index (χ0n) is 16.3. The molecule has 3 atom stereocenters. The van der Waals surface area contributed by atoms with Crippen LogP contribution in [-0.4, -0.2) is 52.7 Å². The van der Waals surface area contributed by atoms with E-state index in [1.807, 2.05) is 0 Å². The molecule has 1 fully saturated rings. The third kappa shape index (κ3) is 7.06. The molecule has 0 aliphatic heterocycles. The summed E-state index contributed by atoms with van der Waals surface area (Å²) in [4.78, 5) is 37.6. The number of allylic oxidation sites excluding steroid dienone is 1. The van der Waals surface area contributed by atoms with Gasteiger partial charge in [-0.15, -0.1) is 6.58 Å². The summed E-state index contributed by atoms with van der Waals surface area (Å²) in [6.45, 7) is 9.01. The molecule has 1 saturated carbocycles. The Balaban J connectivity index is 2.83. The maximum absolute atomic E-state index is 12.8. The van der Waals surface area contributed by atoms with Gasteiger partial charge in [0, 0.05) is 7.05 Å². The molecular weight excluding hydrogens is 336 g/mol. The number of carbonyl (C=O) groups is 3. The summed E-state index contributed by atoms with van der Waals surface area (Å²) in [6.07, 6.45) is 4.59. The molecule has 2 N–H and O–H groups in total. The van der Waals surface area contributed by atoms with E-state index in [4.69, 9.17) is 9.84 Å². The molecule has 0 aromatic heterocycles. The smallest absolute Gasteiger partial charge is 0.407 e. The Labute approximate surface area is 155 Å². The van der Waals surface area contributed by atoms with E-state index in [9.17, 15) is 14.4 Å². The van der Waals surface area contributed by atoms with Crippen molar-refractivity contribution in [2.75, 3.05) is 7.05 Å². The number of aliphatic carboxylic acids is 1. The van der Waals surface area contributed by atoms with Gasteiger partial charge in [-0.2, -0.15) is 0 Å². The van der Waals surface area contributed by atoms with Gasteiger partial charge in [-0.05, 0) is 40.0 Å². The molecular formula is C19H32N2O5. The summed E-state index contributed by atoms with van der Waals surface area (Å²) >= 11 is 0. The molecule has 7 heteroatoms. The van der Waals surface area contributed by atoms with E-state index >= 15 is 0 Å². The normalized spacial score (nSPS) is 21.4. The molecule has 0 saturated heterocycles. The van der Waals surface area contributed by atoms with Gasteiger partial charge in [0.25, 0.3) is 0 Å². The van der Waals surface area contributed by atoms with Crippen LogP contribution in [0.25, 0.3) is 0 Å². The topological polar surface area (TPSA) is 95.9 Å². The summed E-state index contributed by atoms with van der Waals surface area (Å²) in [7, 11) is 1.68. The van der Waals surface area contributed by atoms with Crippen LogP contribution in [0, 0.1) is 5.92 Å². The van der Waals surface area contributed by atoms with Crippen molar-refractivity contribution in [1.82, 2.24) is 10.2 Å². The highest BCUT2D eigenvalue weighted by atomic mass is 16.6. The fourth-order valence-corrected chi connectivity index (χ4v) is 3.34. The molecule has 1 aliphatic carbocycles. The quantitative estimate of drug-likeness (QED) is 0.674. The van der Waals surface area contributed by atoms with Gasteiger partial charge in [-0.3, -0.25) is 9.59 Å². The first-order valence-electron chi connectivity index (χ1n) is 9.14. The summed E-state index contributed by atoms with van der Waals surface area (Å²) in [5.74, 6) is -1.88. The maximum atomic E-state index is 12.8. The lowest BCUT2D eigenvalue weighted by molar-refractivity contribution is -0.145. The summed E-state index contributed by atoms with van der Waals surface area (Å²) in [5.41, 5.74) is -0.591. The van der Waals surface area contributed by atoms with Crippen LogP contribution < -0.4 is 5.32 Å². The zero-order chi connectivity index (χ0) is 19.9. The van der Waals surface area contributed by atoms with Crippen molar-refractivity contribution in [3.8, 4) is 0 Å². The monoisotopic (exact) mass is 368 g/mol. The molecule has 26 heavy (non-hydrogen) atoms. The van der Waals surface area contributed by atoms with Crippen molar-refractivity contribution in [3.63, 3.8) is 0 Å². The van der Waals surface area contributed by atoms with E-state index in [1.54, 1.807) is 38.8 Å². The number of alkyl carbamates (subject to hydrolysis) is 1. The first-order valence-corrected chi connectivity index (χ1v) is 9.14. The average Bonchev–Trinajstić information content (AvgIpc) is 2.51. The van der Waals surface area contributed by atoms with Gasteiger partial charge >= 0.3 is 12.1 Å². The van der Waals surface area contributed by atoms with Crippen molar-refractivity contribution in [1.29, 1.82) is 0 Å². The Kier molecular flexibility index (Phi) is 8.11. The first-order chi connectivity index (χ1) is 12.0. The highest BCUT2D eigenvalue weighted by molar-refractivity contribution is 5.83. The molecule has 7 nitrogen and oxygen atoms in total. The second kappa shape index (κ2) is 9.59. The van der Waals surface area contributed by atoms with E-state index < -0.39 is 23.6 Å². The molecule has 1 rings (SSSR count). The Bertz CT molecular complexity index is 527. The summed E-state index contributed by atoms with van der Waals surface area (Å²) in [5, 5.41) is 11.9. The molecule has 0 spiro atoms. The number of ether oxygens (including phenoxy) is 1. The minimum Gasteiger partial charge on any atom is -0.481 e. The maximum Gasteiger partial charge on any atom is 0.407 e. The minimum atomic E-state index is -1.01. The SMILES string of the molecule is C=CCC(CC(=O)O)C(=O)N(C)[C@H]1CCCC[C@@H]1NC(=O)OC(C)(C)C. The zero-order valence-corrected chi connectivity index (χ0v) is 16.3. The number of rotatable bonds is 7. The van der Waals surface area contributed by atoms with E-state index in [1.165, 1.54) is 0 Å². The number of nitrogens with zero attached hydrogens (tertiary/aromatic N) is 1. The lowest BCUT2D eigenvalue weighted by Gasteiger charge is -2.39. The molecule has 0 radical (unpaired) electrons. The third-order valence-corrected chi connectivity index (χ3v) is 4.50. The Morgan fingerprint density at radius 3 is 2.46 bits per heavy atom. The minimum absolute atomic E-state index is 0.176. The van der Waals surface area contributed by atoms with Crippen molar-refractivity contribution in [2.24, 2.45) is 5.92 Å². The first kappa shape index (κ1) is 22.0. The van der Waals surface area contributed by atoms with Gasteiger partial charge in [-0.1, -0.05) is 18.9 Å². The average molecular weight is 368 g/mol. The van der Waals surface area contributed by atoms with E-state index in [0.717, 1.165) is 25.7 Å². The van der Waals surface area contributed by atoms with Crippen molar-refractivity contribution in [2.45, 2.75) is 77.0 Å². The molecule has 2 amide bonds. The number of carboxylic acid groups (broad SMARTS) is 1. The van der Waals surface area contributed by atoms with Gasteiger partial charge in [0.05, 0.1) is 24.4 Å². The van der Waals surface area contributed by atoms with Crippen LogP contribution in [0.3, 0.4) is 0 Å². The largest absolute Gasteiger partial charge is 0.481 e. The van der Waals surface area contributed by atoms with Crippen LogP contribution in [0.4, 0.5) is 4.79 Å². The summed E-state index contributed by atoms with van der Waals surface area (Å²) in [6, 6.07) is -0.383. The predicted octanol–water partition coefficient (Wildman–Crippen LogP) is 2.95. The second-order valence-electron chi connectivity index (χ2n) is 7.87. The van der Waals surface area contributed by atoms with Crippen LogP contribution in [0.2, 0.25) is 0 Å².